The van der Waals surface area contributed by atoms with E-state index in [1.165, 1.54) is 29.6 Å². The summed E-state index contributed by atoms with van der Waals surface area (Å²) in [7, 11) is 2.89. The fraction of sp³-hybridized carbons (Fsp3) is 0.136. The average molecular weight is 499 g/mol. The van der Waals surface area contributed by atoms with E-state index >= 15 is 0 Å². The lowest BCUT2D eigenvalue weighted by Crippen LogP contribution is -2.37. The zero-order valence-corrected chi connectivity index (χ0v) is 19.4. The molecular formula is C22H16Cl2N6O4. The number of fused-ring (bicyclic) bond motifs is 2. The maximum atomic E-state index is 12.7. The van der Waals surface area contributed by atoms with Crippen molar-refractivity contribution in [1.29, 1.82) is 0 Å². The second kappa shape index (κ2) is 8.15. The second-order valence-electron chi connectivity index (χ2n) is 7.63. The van der Waals surface area contributed by atoms with E-state index in [2.05, 4.69) is 15.3 Å². The number of hydrogen-bond acceptors (Lipinski definition) is 6. The molecule has 0 aliphatic heterocycles. The van der Waals surface area contributed by atoms with Gasteiger partial charge in [-0.3, -0.25) is 18.7 Å². The van der Waals surface area contributed by atoms with Crippen LogP contribution in [0.4, 0.5) is 5.69 Å². The van der Waals surface area contributed by atoms with Crippen molar-refractivity contribution in [3.05, 3.63) is 73.6 Å². The minimum atomic E-state index is -0.526. The predicted octanol–water partition coefficient (Wildman–Crippen LogP) is 3.19. The zero-order chi connectivity index (χ0) is 24.1. The number of amides is 1. The molecule has 0 saturated carbocycles. The molecule has 0 spiro atoms. The van der Waals surface area contributed by atoms with Crippen LogP contribution in [0.2, 0.25) is 10.0 Å². The molecule has 1 amide bonds. The molecule has 0 aliphatic carbocycles. The Morgan fingerprint density at radius 1 is 1.06 bits per heavy atom. The molecular weight excluding hydrogens is 483 g/mol. The lowest BCUT2D eigenvalue weighted by Gasteiger charge is -2.08. The standard InChI is InChI=1S/C22H16Cl2N6O4/c1-28-19-18(21(32)29(2)22(28)33)30(10-25-19)9-17(31)26-12-4-6-16-15(8-12)27-20(34-16)11-3-5-13(23)14(24)7-11/h3-8,10H,9H2,1-2H3,(H,26,31). The first-order valence-electron chi connectivity index (χ1n) is 9.99. The minimum Gasteiger partial charge on any atom is -0.436 e. The number of carbonyl (C=O) groups is 1. The van der Waals surface area contributed by atoms with Crippen molar-refractivity contribution in [2.45, 2.75) is 6.54 Å². The third-order valence-electron chi connectivity index (χ3n) is 5.37. The Hall–Kier alpha value is -3.89. The van der Waals surface area contributed by atoms with E-state index in [1.807, 2.05) is 0 Å². The fourth-order valence-electron chi connectivity index (χ4n) is 3.63. The van der Waals surface area contributed by atoms with Gasteiger partial charge in [0.15, 0.2) is 16.7 Å². The number of imidazole rings is 1. The summed E-state index contributed by atoms with van der Waals surface area (Å²) in [6.45, 7) is -0.171. The molecule has 5 aromatic rings. The molecule has 0 atom stereocenters. The molecule has 0 bridgehead atoms. The van der Waals surface area contributed by atoms with Crippen LogP contribution in [0.5, 0.6) is 0 Å². The van der Waals surface area contributed by atoms with Gasteiger partial charge in [0.25, 0.3) is 5.56 Å². The Kier molecular flexibility index (Phi) is 5.26. The van der Waals surface area contributed by atoms with Gasteiger partial charge >= 0.3 is 5.69 Å². The quantitative estimate of drug-likeness (QED) is 0.406. The molecule has 34 heavy (non-hydrogen) atoms. The number of aryl methyl sites for hydroxylation is 1. The number of aromatic nitrogens is 5. The van der Waals surface area contributed by atoms with E-state index in [4.69, 9.17) is 27.6 Å². The number of halogens is 2. The van der Waals surface area contributed by atoms with Crippen molar-refractivity contribution in [3.63, 3.8) is 0 Å². The minimum absolute atomic E-state index is 0.165. The van der Waals surface area contributed by atoms with E-state index in [0.29, 0.717) is 38.3 Å². The van der Waals surface area contributed by atoms with Gasteiger partial charge in [-0.1, -0.05) is 23.2 Å². The monoisotopic (exact) mass is 498 g/mol. The maximum Gasteiger partial charge on any atom is 0.332 e. The molecule has 10 nitrogen and oxygen atoms in total. The van der Waals surface area contributed by atoms with E-state index in [0.717, 1.165) is 4.57 Å². The SMILES string of the molecule is Cn1c(=O)c2c(ncn2CC(=O)Nc2ccc3oc(-c4ccc(Cl)c(Cl)c4)nc3c2)n(C)c1=O. The average Bonchev–Trinajstić information content (AvgIpc) is 3.42. The summed E-state index contributed by atoms with van der Waals surface area (Å²) in [4.78, 5) is 45.9. The molecule has 0 fully saturated rings. The van der Waals surface area contributed by atoms with Crippen LogP contribution >= 0.6 is 23.2 Å². The van der Waals surface area contributed by atoms with Crippen molar-refractivity contribution in [1.82, 2.24) is 23.7 Å². The van der Waals surface area contributed by atoms with Crippen LogP contribution in [0, 0.1) is 0 Å². The third-order valence-corrected chi connectivity index (χ3v) is 6.11. The smallest absolute Gasteiger partial charge is 0.332 e. The number of nitrogens with zero attached hydrogens (tertiary/aromatic N) is 5. The molecule has 12 heteroatoms. The van der Waals surface area contributed by atoms with Crippen molar-refractivity contribution in [2.24, 2.45) is 14.1 Å². The van der Waals surface area contributed by atoms with E-state index in [9.17, 15) is 14.4 Å². The van der Waals surface area contributed by atoms with Gasteiger partial charge in [0.2, 0.25) is 11.8 Å². The van der Waals surface area contributed by atoms with Gasteiger partial charge in [0.1, 0.15) is 12.1 Å². The molecule has 0 radical (unpaired) electrons. The third kappa shape index (κ3) is 3.66. The van der Waals surface area contributed by atoms with Crippen molar-refractivity contribution in [2.75, 3.05) is 5.32 Å². The van der Waals surface area contributed by atoms with Crippen molar-refractivity contribution >= 4 is 57.1 Å². The first kappa shape index (κ1) is 21.9. The summed E-state index contributed by atoms with van der Waals surface area (Å²) >= 11 is 12.0. The van der Waals surface area contributed by atoms with Crippen LogP contribution < -0.4 is 16.6 Å². The Bertz CT molecular complexity index is 1730. The topological polar surface area (TPSA) is 117 Å². The van der Waals surface area contributed by atoms with Crippen LogP contribution in [-0.4, -0.2) is 29.6 Å². The number of nitrogens with one attached hydrogen (secondary N) is 1. The van der Waals surface area contributed by atoms with Crippen LogP contribution in [0.25, 0.3) is 33.7 Å². The highest BCUT2D eigenvalue weighted by Crippen LogP contribution is 2.30. The van der Waals surface area contributed by atoms with Gasteiger partial charge in [0, 0.05) is 25.3 Å². The van der Waals surface area contributed by atoms with E-state index in [-0.39, 0.29) is 23.6 Å². The molecule has 172 valence electrons. The molecule has 5 rings (SSSR count). The highest BCUT2D eigenvalue weighted by Gasteiger charge is 2.17. The fourth-order valence-corrected chi connectivity index (χ4v) is 3.93. The van der Waals surface area contributed by atoms with Crippen LogP contribution in [0.1, 0.15) is 0 Å². The summed E-state index contributed by atoms with van der Waals surface area (Å²) in [5, 5.41) is 3.59. The van der Waals surface area contributed by atoms with E-state index in [1.54, 1.807) is 36.4 Å². The number of benzene rings is 2. The Labute approximate surface area is 201 Å². The number of carbonyl (C=O) groups excluding carboxylic acids is 1. The first-order valence-corrected chi connectivity index (χ1v) is 10.8. The molecule has 0 unspecified atom stereocenters. The highest BCUT2D eigenvalue weighted by atomic mass is 35.5. The lowest BCUT2D eigenvalue weighted by atomic mass is 10.2. The van der Waals surface area contributed by atoms with Crippen molar-refractivity contribution < 1.29 is 9.21 Å². The van der Waals surface area contributed by atoms with Crippen LogP contribution in [0.3, 0.4) is 0 Å². The summed E-state index contributed by atoms with van der Waals surface area (Å²) in [5.74, 6) is -0.0221. The van der Waals surface area contributed by atoms with Gasteiger partial charge in [-0.2, -0.15) is 0 Å². The molecule has 0 saturated heterocycles. The molecule has 3 aromatic heterocycles. The summed E-state index contributed by atoms with van der Waals surface area (Å²) < 4.78 is 9.42. The Morgan fingerprint density at radius 2 is 1.85 bits per heavy atom. The van der Waals surface area contributed by atoms with Crippen LogP contribution in [0.15, 0.2) is 56.7 Å². The van der Waals surface area contributed by atoms with Gasteiger partial charge in [-0.15, -0.1) is 0 Å². The van der Waals surface area contributed by atoms with Gasteiger partial charge in [-0.25, -0.2) is 14.8 Å². The highest BCUT2D eigenvalue weighted by molar-refractivity contribution is 6.42. The number of rotatable bonds is 4. The van der Waals surface area contributed by atoms with Gasteiger partial charge in [0.05, 0.1) is 16.4 Å². The van der Waals surface area contributed by atoms with E-state index < -0.39 is 11.2 Å². The largest absolute Gasteiger partial charge is 0.436 e. The molecule has 3 heterocycles. The number of hydrogen-bond donors (Lipinski definition) is 1. The lowest BCUT2D eigenvalue weighted by molar-refractivity contribution is -0.116. The Morgan fingerprint density at radius 3 is 2.62 bits per heavy atom. The Balaban J connectivity index is 1.40. The summed E-state index contributed by atoms with van der Waals surface area (Å²) in [6, 6.07) is 10.1. The predicted molar refractivity (Wildman–Crippen MR) is 128 cm³/mol. The summed E-state index contributed by atoms with van der Waals surface area (Å²) in [6.07, 6.45) is 1.36. The maximum absolute atomic E-state index is 12.7. The van der Waals surface area contributed by atoms with Crippen LogP contribution in [-0.2, 0) is 25.4 Å². The van der Waals surface area contributed by atoms with Gasteiger partial charge in [-0.05, 0) is 36.4 Å². The second-order valence-corrected chi connectivity index (χ2v) is 8.44. The first-order chi connectivity index (χ1) is 16.2. The normalized spacial score (nSPS) is 11.4. The molecule has 1 N–H and O–H groups in total. The zero-order valence-electron chi connectivity index (χ0n) is 17.9. The van der Waals surface area contributed by atoms with Crippen molar-refractivity contribution in [3.8, 4) is 11.5 Å². The summed E-state index contributed by atoms with van der Waals surface area (Å²) in [5.41, 5.74) is 1.59. The molecule has 0 aliphatic rings. The number of oxazole rings is 1. The van der Waals surface area contributed by atoms with Gasteiger partial charge < -0.3 is 14.3 Å². The molecule has 2 aromatic carbocycles. The number of anilines is 1.